The van der Waals surface area contributed by atoms with Crippen molar-refractivity contribution in [1.82, 2.24) is 0 Å². The highest BCUT2D eigenvalue weighted by Gasteiger charge is 2.02. The van der Waals surface area contributed by atoms with Crippen LogP contribution < -0.4 is 11.1 Å². The van der Waals surface area contributed by atoms with Gasteiger partial charge in [0.05, 0.1) is 11.3 Å². The molecule has 0 saturated carbocycles. The number of hydrogen-bond donors (Lipinski definition) is 2. The first-order chi connectivity index (χ1) is 8.17. The van der Waals surface area contributed by atoms with E-state index in [1.54, 1.807) is 31.2 Å². The minimum atomic E-state index is 0.544. The second kappa shape index (κ2) is 6.13. The highest BCUT2D eigenvalue weighted by molar-refractivity contribution is 6.05. The van der Waals surface area contributed by atoms with Gasteiger partial charge in [-0.1, -0.05) is 18.7 Å². The molecule has 4 heteroatoms. The molecule has 1 rings (SSSR count). The number of para-hydroxylation sites is 1. The van der Waals surface area contributed by atoms with Gasteiger partial charge in [0.2, 0.25) is 0 Å². The summed E-state index contributed by atoms with van der Waals surface area (Å²) in [6.07, 6.45) is 3.09. The van der Waals surface area contributed by atoms with Crippen LogP contribution in [0.5, 0.6) is 0 Å². The average Bonchev–Trinajstić information content (AvgIpc) is 2.29. The van der Waals surface area contributed by atoms with Crippen molar-refractivity contribution in [3.05, 3.63) is 54.4 Å². The molecule has 0 saturated heterocycles. The molecule has 4 nitrogen and oxygen atoms in total. The minimum absolute atomic E-state index is 0.544. The van der Waals surface area contributed by atoms with Crippen LogP contribution in [0.2, 0.25) is 0 Å². The van der Waals surface area contributed by atoms with Gasteiger partial charge in [-0.2, -0.15) is 5.26 Å². The second-order valence-corrected chi connectivity index (χ2v) is 3.37. The van der Waals surface area contributed by atoms with Gasteiger partial charge in [-0.05, 0) is 25.1 Å². The summed E-state index contributed by atoms with van der Waals surface area (Å²) in [4.78, 5) is 4.04. The molecule has 0 radical (unpaired) electrons. The van der Waals surface area contributed by atoms with E-state index in [1.807, 2.05) is 6.07 Å². The first-order valence-electron chi connectivity index (χ1n) is 5.06. The lowest BCUT2D eigenvalue weighted by Crippen LogP contribution is -2.11. The summed E-state index contributed by atoms with van der Waals surface area (Å²) < 4.78 is 0. The van der Waals surface area contributed by atoms with Crippen LogP contribution in [0.15, 0.2) is 53.8 Å². The Morgan fingerprint density at radius 1 is 1.53 bits per heavy atom. The highest BCUT2D eigenvalue weighted by atomic mass is 15.0. The molecule has 0 spiro atoms. The Hall–Kier alpha value is -2.54. The van der Waals surface area contributed by atoms with Crippen LogP contribution in [-0.4, -0.2) is 5.84 Å². The third kappa shape index (κ3) is 3.84. The molecule has 17 heavy (non-hydrogen) atoms. The lowest BCUT2D eigenvalue weighted by Gasteiger charge is -2.07. The number of allylic oxidation sites excluding steroid dienone is 1. The van der Waals surface area contributed by atoms with Gasteiger partial charge in [-0.25, -0.2) is 4.99 Å². The molecule has 0 fully saturated rings. The summed E-state index contributed by atoms with van der Waals surface area (Å²) in [5, 5.41) is 12.0. The summed E-state index contributed by atoms with van der Waals surface area (Å²) in [5.41, 5.74) is 7.44. The lowest BCUT2D eigenvalue weighted by molar-refractivity contribution is 1.32. The van der Waals surface area contributed by atoms with Crippen LogP contribution in [0.25, 0.3) is 0 Å². The minimum Gasteiger partial charge on any atom is -0.402 e. The van der Waals surface area contributed by atoms with Crippen LogP contribution in [0, 0.1) is 11.3 Å². The Morgan fingerprint density at radius 2 is 2.24 bits per heavy atom. The first-order valence-corrected chi connectivity index (χ1v) is 5.06. The monoisotopic (exact) mass is 226 g/mol. The van der Waals surface area contributed by atoms with Crippen molar-refractivity contribution in [1.29, 1.82) is 5.26 Å². The summed E-state index contributed by atoms with van der Waals surface area (Å²) in [7, 11) is 0. The number of nitrogens with one attached hydrogen (secondary N) is 1. The lowest BCUT2D eigenvalue weighted by atomic mass is 10.2. The third-order valence-corrected chi connectivity index (χ3v) is 1.91. The molecule has 1 aromatic carbocycles. The molecule has 0 aromatic heterocycles. The number of anilines is 1. The average molecular weight is 226 g/mol. The molecule has 0 aliphatic rings. The molecule has 3 N–H and O–H groups in total. The number of amidine groups is 1. The van der Waals surface area contributed by atoms with E-state index in [1.165, 1.54) is 6.20 Å². The van der Waals surface area contributed by atoms with E-state index in [2.05, 4.69) is 23.0 Å². The van der Waals surface area contributed by atoms with Crippen LogP contribution in [0.3, 0.4) is 0 Å². The number of nitrogens with zero attached hydrogens (tertiary/aromatic N) is 2. The predicted octanol–water partition coefficient (Wildman–Crippen LogP) is 2.37. The number of rotatable bonds is 3. The van der Waals surface area contributed by atoms with Crippen molar-refractivity contribution >= 4 is 11.5 Å². The fourth-order valence-corrected chi connectivity index (χ4v) is 1.25. The molecule has 0 amide bonds. The SMILES string of the molecule is C=CN=C(/C=C(/C)N)Nc1ccccc1C#N. The van der Waals surface area contributed by atoms with Crippen molar-refractivity contribution in [3.63, 3.8) is 0 Å². The molecule has 86 valence electrons. The quantitative estimate of drug-likeness (QED) is 0.613. The van der Waals surface area contributed by atoms with Crippen molar-refractivity contribution in [3.8, 4) is 6.07 Å². The van der Waals surface area contributed by atoms with Crippen LogP contribution in [0.1, 0.15) is 12.5 Å². The Kier molecular flexibility index (Phi) is 4.52. The van der Waals surface area contributed by atoms with Gasteiger partial charge in [0, 0.05) is 11.9 Å². The van der Waals surface area contributed by atoms with Gasteiger partial charge < -0.3 is 11.1 Å². The summed E-state index contributed by atoms with van der Waals surface area (Å²) in [6.45, 7) is 5.29. The summed E-state index contributed by atoms with van der Waals surface area (Å²) >= 11 is 0. The molecule has 0 bridgehead atoms. The first kappa shape index (κ1) is 12.5. The standard InChI is InChI=1S/C13H14N4/c1-3-16-13(8-10(2)15)17-12-7-5-4-6-11(12)9-14/h3-8H,1,15H2,2H3,(H,16,17)/b10-8-. The van der Waals surface area contributed by atoms with Crippen molar-refractivity contribution in [2.75, 3.05) is 5.32 Å². The maximum absolute atomic E-state index is 8.95. The van der Waals surface area contributed by atoms with E-state index < -0.39 is 0 Å². The molecule has 0 atom stereocenters. The van der Waals surface area contributed by atoms with Gasteiger partial charge in [-0.3, -0.25) is 0 Å². The second-order valence-electron chi connectivity index (χ2n) is 3.37. The Balaban J connectivity index is 3.03. The van der Waals surface area contributed by atoms with Gasteiger partial charge in [0.25, 0.3) is 0 Å². The Labute approximate surface area is 101 Å². The predicted molar refractivity (Wildman–Crippen MR) is 70.4 cm³/mol. The zero-order chi connectivity index (χ0) is 12.7. The van der Waals surface area contributed by atoms with Gasteiger partial charge in [0.1, 0.15) is 11.9 Å². The maximum atomic E-state index is 8.95. The molecule has 0 aliphatic heterocycles. The summed E-state index contributed by atoms with van der Waals surface area (Å²) in [5.74, 6) is 0.544. The third-order valence-electron chi connectivity index (χ3n) is 1.91. The number of nitriles is 1. The largest absolute Gasteiger partial charge is 0.402 e. The molecular weight excluding hydrogens is 212 g/mol. The number of aliphatic imine (C=N–C) groups is 1. The van der Waals surface area contributed by atoms with E-state index in [0.29, 0.717) is 22.8 Å². The van der Waals surface area contributed by atoms with Crippen LogP contribution in [0.4, 0.5) is 5.69 Å². The van der Waals surface area contributed by atoms with E-state index >= 15 is 0 Å². The molecule has 1 aromatic rings. The Morgan fingerprint density at radius 3 is 2.82 bits per heavy atom. The van der Waals surface area contributed by atoms with Crippen molar-refractivity contribution in [2.45, 2.75) is 6.92 Å². The van der Waals surface area contributed by atoms with Crippen molar-refractivity contribution < 1.29 is 0 Å². The van der Waals surface area contributed by atoms with Crippen LogP contribution >= 0.6 is 0 Å². The normalized spacial score (nSPS) is 11.8. The number of hydrogen-bond acceptors (Lipinski definition) is 3. The van der Waals surface area contributed by atoms with Gasteiger partial charge >= 0.3 is 0 Å². The molecular formula is C13H14N4. The maximum Gasteiger partial charge on any atom is 0.131 e. The fourth-order valence-electron chi connectivity index (χ4n) is 1.25. The summed E-state index contributed by atoms with van der Waals surface area (Å²) in [6, 6.07) is 9.28. The highest BCUT2D eigenvalue weighted by Crippen LogP contribution is 2.13. The van der Waals surface area contributed by atoms with Crippen molar-refractivity contribution in [2.24, 2.45) is 10.7 Å². The molecule has 0 unspecified atom stereocenters. The van der Waals surface area contributed by atoms with Gasteiger partial charge in [0.15, 0.2) is 0 Å². The number of nitrogens with two attached hydrogens (primary N) is 1. The zero-order valence-corrected chi connectivity index (χ0v) is 9.64. The molecule has 0 aliphatic carbocycles. The van der Waals surface area contributed by atoms with E-state index in [4.69, 9.17) is 11.0 Å². The van der Waals surface area contributed by atoms with E-state index in [9.17, 15) is 0 Å². The van der Waals surface area contributed by atoms with E-state index in [0.717, 1.165) is 0 Å². The van der Waals surface area contributed by atoms with Gasteiger partial charge in [-0.15, -0.1) is 0 Å². The Bertz CT molecular complexity index is 502. The van der Waals surface area contributed by atoms with E-state index in [-0.39, 0.29) is 0 Å². The van der Waals surface area contributed by atoms with Crippen LogP contribution in [-0.2, 0) is 0 Å². The fraction of sp³-hybridized carbons (Fsp3) is 0.0769. The smallest absolute Gasteiger partial charge is 0.131 e. The zero-order valence-electron chi connectivity index (χ0n) is 9.64. The number of benzene rings is 1. The topological polar surface area (TPSA) is 74.2 Å². The molecule has 0 heterocycles.